The van der Waals surface area contributed by atoms with Crippen LogP contribution < -0.4 is 0 Å². The van der Waals surface area contributed by atoms with Crippen LogP contribution in [0.25, 0.3) is 0 Å². The van der Waals surface area contributed by atoms with Crippen LogP contribution >= 0.6 is 0 Å². The van der Waals surface area contributed by atoms with Crippen LogP contribution in [0.5, 0.6) is 0 Å². The van der Waals surface area contributed by atoms with E-state index in [2.05, 4.69) is 27.7 Å². The van der Waals surface area contributed by atoms with Gasteiger partial charge in [-0.15, -0.1) is 0 Å². The predicted octanol–water partition coefficient (Wildman–Crippen LogP) is 6.27. The number of carbonyl (C=O) groups is 1. The van der Waals surface area contributed by atoms with E-state index in [0.29, 0.717) is 35.4 Å². The number of esters is 1. The zero-order chi connectivity index (χ0) is 23.5. The fourth-order valence-electron chi connectivity index (χ4n) is 9.54. The number of rotatable bonds is 5. The van der Waals surface area contributed by atoms with Crippen molar-refractivity contribution in [3.8, 4) is 0 Å². The first kappa shape index (κ1) is 23.7. The van der Waals surface area contributed by atoms with Crippen molar-refractivity contribution in [3.05, 3.63) is 11.3 Å². The molecule has 5 aliphatic rings. The zero-order valence-corrected chi connectivity index (χ0v) is 21.6. The van der Waals surface area contributed by atoms with Gasteiger partial charge >= 0.3 is 5.97 Å². The quantitative estimate of drug-likeness (QED) is 0.493. The minimum atomic E-state index is -0.189. The summed E-state index contributed by atoms with van der Waals surface area (Å²) >= 11 is 0. The van der Waals surface area contributed by atoms with Gasteiger partial charge in [-0.05, 0) is 111 Å². The molecule has 33 heavy (non-hydrogen) atoms. The minimum Gasteiger partial charge on any atom is -0.494 e. The maximum Gasteiger partial charge on any atom is 0.302 e. The van der Waals surface area contributed by atoms with Crippen molar-refractivity contribution in [2.24, 2.45) is 46.3 Å². The molecule has 0 aromatic rings. The highest BCUT2D eigenvalue weighted by Crippen LogP contribution is 2.69. The maximum absolute atomic E-state index is 11.1. The molecule has 0 aromatic carbocycles. The summed E-state index contributed by atoms with van der Waals surface area (Å²) in [6.07, 6.45) is 12.2. The first-order valence-electron chi connectivity index (χ1n) is 13.8. The molecule has 0 radical (unpaired) electrons. The average Bonchev–Trinajstić information content (AvgIpc) is 3.24. The van der Waals surface area contributed by atoms with Gasteiger partial charge in [0.25, 0.3) is 0 Å². The van der Waals surface area contributed by atoms with E-state index < -0.39 is 0 Å². The Hall–Kier alpha value is -1.03. The normalized spacial score (nSPS) is 47.2. The van der Waals surface area contributed by atoms with Crippen molar-refractivity contribution in [3.63, 3.8) is 0 Å². The van der Waals surface area contributed by atoms with Crippen LogP contribution in [0, 0.1) is 46.3 Å². The summed E-state index contributed by atoms with van der Waals surface area (Å²) in [5.74, 6) is 5.19. The molecule has 4 aliphatic carbocycles. The molecule has 5 rings (SSSR count). The van der Waals surface area contributed by atoms with Gasteiger partial charge in [-0.1, -0.05) is 20.8 Å². The Morgan fingerprint density at radius 2 is 1.88 bits per heavy atom. The van der Waals surface area contributed by atoms with E-state index in [9.17, 15) is 9.90 Å². The molecule has 0 aromatic heterocycles. The average molecular weight is 459 g/mol. The lowest BCUT2D eigenvalue weighted by atomic mass is 9.44. The van der Waals surface area contributed by atoms with E-state index in [1.807, 2.05) is 0 Å². The van der Waals surface area contributed by atoms with Gasteiger partial charge in [0.05, 0.1) is 18.5 Å². The number of ether oxygens (including phenoxy) is 2. The molecule has 10 atom stereocenters. The molecule has 0 saturated heterocycles. The van der Waals surface area contributed by atoms with Crippen LogP contribution in [0.3, 0.4) is 0 Å². The molecular formula is C29H46O4. The fourth-order valence-corrected chi connectivity index (χ4v) is 9.54. The van der Waals surface area contributed by atoms with Crippen LogP contribution in [-0.2, 0) is 14.3 Å². The molecule has 0 bridgehead atoms. The molecule has 4 fully saturated rings. The molecule has 1 N–H and O–H groups in total. The van der Waals surface area contributed by atoms with E-state index in [0.717, 1.165) is 49.4 Å². The van der Waals surface area contributed by atoms with Crippen LogP contribution in [0.2, 0.25) is 0 Å². The Labute approximate surface area is 200 Å². The number of carbonyl (C=O) groups excluding carboxylic acids is 1. The third kappa shape index (κ3) is 3.87. The fraction of sp³-hybridized carbons (Fsp3) is 0.897. The van der Waals surface area contributed by atoms with Gasteiger partial charge in [0.15, 0.2) is 0 Å². The molecule has 186 valence electrons. The molecule has 0 spiro atoms. The van der Waals surface area contributed by atoms with Crippen LogP contribution in [0.1, 0.15) is 98.8 Å². The van der Waals surface area contributed by atoms with Crippen molar-refractivity contribution in [2.75, 3.05) is 6.61 Å². The predicted molar refractivity (Wildman–Crippen MR) is 129 cm³/mol. The van der Waals surface area contributed by atoms with Gasteiger partial charge in [-0.3, -0.25) is 4.79 Å². The van der Waals surface area contributed by atoms with Gasteiger partial charge < -0.3 is 14.6 Å². The second kappa shape index (κ2) is 8.57. The number of allylic oxidation sites excluding steroid dienone is 1. The van der Waals surface area contributed by atoms with Crippen molar-refractivity contribution in [2.45, 2.75) is 111 Å². The topological polar surface area (TPSA) is 55.8 Å². The molecule has 1 heterocycles. The number of hydrogen-bond acceptors (Lipinski definition) is 4. The highest BCUT2D eigenvalue weighted by Gasteiger charge is 2.64. The van der Waals surface area contributed by atoms with Crippen molar-refractivity contribution in [1.82, 2.24) is 0 Å². The highest BCUT2D eigenvalue weighted by molar-refractivity contribution is 5.65. The van der Waals surface area contributed by atoms with E-state index in [4.69, 9.17) is 9.47 Å². The molecule has 0 amide bonds. The standard InChI is InChI=1S/C29H46O4/c1-17(16-32-19(3)30)6-9-25-18(2)27-26(33-25)15-24-22-8-7-20-14-21(31)10-12-28(20,4)23(22)11-13-29(24,27)5/h17,20-24,26-27,31H,6-16H2,1-5H3. The monoisotopic (exact) mass is 458 g/mol. The van der Waals surface area contributed by atoms with Crippen molar-refractivity contribution < 1.29 is 19.4 Å². The van der Waals surface area contributed by atoms with Gasteiger partial charge in [-0.2, -0.15) is 0 Å². The SMILES string of the molecule is CC(=O)OCC(C)CCC1=C(C)C2C(CC3C4CCC5CC(O)CCC5(C)C4CCC32C)O1. The number of hydrogen-bond donors (Lipinski definition) is 1. The summed E-state index contributed by atoms with van der Waals surface area (Å²) in [4.78, 5) is 11.1. The van der Waals surface area contributed by atoms with Gasteiger partial charge in [0.1, 0.15) is 6.10 Å². The summed E-state index contributed by atoms with van der Waals surface area (Å²) in [6.45, 7) is 11.7. The first-order valence-corrected chi connectivity index (χ1v) is 13.8. The number of aliphatic hydroxyl groups is 1. The van der Waals surface area contributed by atoms with Crippen LogP contribution in [0.15, 0.2) is 11.3 Å². The first-order chi connectivity index (χ1) is 15.6. The summed E-state index contributed by atoms with van der Waals surface area (Å²) in [5, 5.41) is 10.3. The van der Waals surface area contributed by atoms with E-state index in [-0.39, 0.29) is 12.1 Å². The second-order valence-corrected chi connectivity index (χ2v) is 13.1. The van der Waals surface area contributed by atoms with Crippen LogP contribution in [0.4, 0.5) is 0 Å². The minimum absolute atomic E-state index is 0.0596. The lowest BCUT2D eigenvalue weighted by molar-refractivity contribution is -0.142. The summed E-state index contributed by atoms with van der Waals surface area (Å²) in [5.41, 5.74) is 2.33. The molecule has 4 saturated carbocycles. The van der Waals surface area contributed by atoms with E-state index in [1.165, 1.54) is 56.8 Å². The smallest absolute Gasteiger partial charge is 0.302 e. The Balaban J connectivity index is 1.28. The van der Waals surface area contributed by atoms with Crippen molar-refractivity contribution >= 4 is 5.97 Å². The summed E-state index contributed by atoms with van der Waals surface area (Å²) < 4.78 is 11.9. The largest absolute Gasteiger partial charge is 0.494 e. The van der Waals surface area contributed by atoms with Crippen molar-refractivity contribution in [1.29, 1.82) is 0 Å². The van der Waals surface area contributed by atoms with Crippen LogP contribution in [-0.4, -0.2) is 29.9 Å². The second-order valence-electron chi connectivity index (χ2n) is 13.1. The third-order valence-corrected chi connectivity index (χ3v) is 11.3. The Morgan fingerprint density at radius 3 is 2.64 bits per heavy atom. The molecule has 1 aliphatic heterocycles. The Kier molecular flexibility index (Phi) is 6.16. The van der Waals surface area contributed by atoms with E-state index in [1.54, 1.807) is 0 Å². The lowest BCUT2D eigenvalue weighted by Gasteiger charge is -2.60. The zero-order valence-electron chi connectivity index (χ0n) is 21.6. The van der Waals surface area contributed by atoms with Gasteiger partial charge in [0.2, 0.25) is 0 Å². The molecule has 4 heteroatoms. The lowest BCUT2D eigenvalue weighted by Crippen LogP contribution is -2.54. The third-order valence-electron chi connectivity index (χ3n) is 11.3. The molecular weight excluding hydrogens is 412 g/mol. The Morgan fingerprint density at radius 1 is 1.12 bits per heavy atom. The number of aliphatic hydroxyl groups excluding tert-OH is 1. The molecule has 10 unspecified atom stereocenters. The molecule has 4 nitrogen and oxygen atoms in total. The summed E-state index contributed by atoms with van der Waals surface area (Å²) in [6, 6.07) is 0. The highest BCUT2D eigenvalue weighted by atomic mass is 16.5. The van der Waals surface area contributed by atoms with E-state index >= 15 is 0 Å². The maximum atomic E-state index is 11.1. The summed E-state index contributed by atoms with van der Waals surface area (Å²) in [7, 11) is 0. The Bertz CT molecular complexity index is 803. The van der Waals surface area contributed by atoms with Gasteiger partial charge in [0, 0.05) is 19.3 Å². The number of fused-ring (bicyclic) bond motifs is 7. The van der Waals surface area contributed by atoms with Gasteiger partial charge in [-0.25, -0.2) is 0 Å².